The van der Waals surface area contributed by atoms with E-state index in [1.54, 1.807) is 11.9 Å². The highest BCUT2D eigenvalue weighted by Crippen LogP contribution is 2.31. The SMILES string of the molecule is CSNC1CCC2CNCC2CC1. The Labute approximate surface area is 85.4 Å². The number of hydrogen-bond donors (Lipinski definition) is 2. The van der Waals surface area contributed by atoms with Gasteiger partial charge in [-0.1, -0.05) is 11.9 Å². The smallest absolute Gasteiger partial charge is 0.0172 e. The molecule has 13 heavy (non-hydrogen) atoms. The number of rotatable bonds is 2. The first-order valence-electron chi connectivity index (χ1n) is 5.39. The predicted molar refractivity (Wildman–Crippen MR) is 58.8 cm³/mol. The topological polar surface area (TPSA) is 24.1 Å². The summed E-state index contributed by atoms with van der Waals surface area (Å²) in [6, 6.07) is 0.778. The molecule has 2 N–H and O–H groups in total. The van der Waals surface area contributed by atoms with Gasteiger partial charge in [0.2, 0.25) is 0 Å². The molecule has 2 rings (SSSR count). The van der Waals surface area contributed by atoms with E-state index < -0.39 is 0 Å². The van der Waals surface area contributed by atoms with Crippen LogP contribution in [-0.2, 0) is 0 Å². The third kappa shape index (κ3) is 2.39. The Bertz CT molecular complexity index is 149. The van der Waals surface area contributed by atoms with Crippen LogP contribution in [-0.4, -0.2) is 25.4 Å². The summed E-state index contributed by atoms with van der Waals surface area (Å²) in [4.78, 5) is 0. The summed E-state index contributed by atoms with van der Waals surface area (Å²) in [5.74, 6) is 1.96. The van der Waals surface area contributed by atoms with Crippen molar-refractivity contribution in [3.05, 3.63) is 0 Å². The van der Waals surface area contributed by atoms with Crippen LogP contribution >= 0.6 is 11.9 Å². The van der Waals surface area contributed by atoms with Gasteiger partial charge < -0.3 is 5.32 Å². The average Bonchev–Trinajstić information content (AvgIpc) is 2.50. The second-order valence-electron chi connectivity index (χ2n) is 4.35. The van der Waals surface area contributed by atoms with Crippen LogP contribution in [0.2, 0.25) is 0 Å². The van der Waals surface area contributed by atoms with Gasteiger partial charge in [-0.2, -0.15) is 0 Å². The van der Waals surface area contributed by atoms with Crippen molar-refractivity contribution in [1.29, 1.82) is 0 Å². The van der Waals surface area contributed by atoms with Crippen molar-refractivity contribution in [3.63, 3.8) is 0 Å². The number of nitrogens with one attached hydrogen (secondary N) is 2. The second-order valence-corrected chi connectivity index (χ2v) is 5.00. The van der Waals surface area contributed by atoms with Gasteiger partial charge in [0, 0.05) is 6.04 Å². The van der Waals surface area contributed by atoms with Crippen molar-refractivity contribution >= 4 is 11.9 Å². The summed E-state index contributed by atoms with van der Waals surface area (Å²) >= 11 is 1.78. The number of fused-ring (bicyclic) bond motifs is 1. The second kappa shape index (κ2) is 4.67. The highest BCUT2D eigenvalue weighted by Gasteiger charge is 2.30. The minimum absolute atomic E-state index is 0.778. The van der Waals surface area contributed by atoms with Gasteiger partial charge in [0.15, 0.2) is 0 Å². The summed E-state index contributed by atoms with van der Waals surface area (Å²) in [6.45, 7) is 2.55. The largest absolute Gasteiger partial charge is 0.316 e. The Balaban J connectivity index is 1.84. The van der Waals surface area contributed by atoms with Crippen molar-refractivity contribution in [2.24, 2.45) is 11.8 Å². The summed E-state index contributed by atoms with van der Waals surface area (Å²) < 4.78 is 3.51. The van der Waals surface area contributed by atoms with Crippen LogP contribution in [0.4, 0.5) is 0 Å². The molecular weight excluding hydrogens is 180 g/mol. The zero-order chi connectivity index (χ0) is 9.10. The lowest BCUT2D eigenvalue weighted by atomic mass is 9.92. The maximum Gasteiger partial charge on any atom is 0.0172 e. The number of hydrogen-bond acceptors (Lipinski definition) is 3. The van der Waals surface area contributed by atoms with Crippen molar-refractivity contribution in [3.8, 4) is 0 Å². The summed E-state index contributed by atoms with van der Waals surface area (Å²) in [7, 11) is 0. The van der Waals surface area contributed by atoms with Crippen LogP contribution in [0.1, 0.15) is 25.7 Å². The third-order valence-corrected chi connectivity index (χ3v) is 4.11. The maximum atomic E-state index is 3.51. The van der Waals surface area contributed by atoms with Gasteiger partial charge in [-0.3, -0.25) is 4.72 Å². The lowest BCUT2D eigenvalue weighted by Gasteiger charge is -2.13. The molecule has 1 heterocycles. The molecular formula is C10H20N2S. The summed E-state index contributed by atoms with van der Waals surface area (Å²) in [5.41, 5.74) is 0. The quantitative estimate of drug-likeness (QED) is 0.663. The molecule has 0 aromatic heterocycles. The molecule has 1 aliphatic carbocycles. The Kier molecular flexibility index (Phi) is 3.52. The Morgan fingerprint density at radius 2 is 1.69 bits per heavy atom. The van der Waals surface area contributed by atoms with E-state index in [-0.39, 0.29) is 0 Å². The average molecular weight is 200 g/mol. The van der Waals surface area contributed by atoms with Crippen molar-refractivity contribution in [2.75, 3.05) is 19.3 Å². The van der Waals surface area contributed by atoms with E-state index in [0.29, 0.717) is 0 Å². The van der Waals surface area contributed by atoms with Crippen molar-refractivity contribution in [2.45, 2.75) is 31.7 Å². The molecule has 3 heteroatoms. The Hall–Kier alpha value is 0.270. The third-order valence-electron chi connectivity index (χ3n) is 3.54. The molecule has 0 bridgehead atoms. The van der Waals surface area contributed by atoms with E-state index in [2.05, 4.69) is 16.3 Å². The Morgan fingerprint density at radius 3 is 2.23 bits per heavy atom. The molecule has 2 atom stereocenters. The molecule has 1 saturated heterocycles. The van der Waals surface area contributed by atoms with Gasteiger partial charge in [0.25, 0.3) is 0 Å². The monoisotopic (exact) mass is 200 g/mol. The summed E-state index contributed by atoms with van der Waals surface area (Å²) in [5, 5.41) is 3.51. The van der Waals surface area contributed by atoms with Gasteiger partial charge in [-0.25, -0.2) is 0 Å². The maximum absolute atomic E-state index is 3.51. The molecule has 0 aromatic rings. The minimum atomic E-state index is 0.778. The van der Waals surface area contributed by atoms with E-state index >= 15 is 0 Å². The molecule has 2 aliphatic rings. The fourth-order valence-electron chi connectivity index (χ4n) is 2.72. The lowest BCUT2D eigenvalue weighted by Crippen LogP contribution is -2.22. The van der Waals surface area contributed by atoms with Gasteiger partial charge in [0.1, 0.15) is 0 Å². The zero-order valence-corrected chi connectivity index (χ0v) is 9.20. The van der Waals surface area contributed by atoms with Gasteiger partial charge in [-0.05, 0) is 56.9 Å². The zero-order valence-electron chi connectivity index (χ0n) is 8.38. The molecule has 2 nitrogen and oxygen atoms in total. The van der Waals surface area contributed by atoms with E-state index in [1.165, 1.54) is 38.8 Å². The summed E-state index contributed by atoms with van der Waals surface area (Å²) in [6.07, 6.45) is 7.74. The first-order chi connectivity index (χ1) is 6.40. The molecule has 2 unspecified atom stereocenters. The van der Waals surface area contributed by atoms with Gasteiger partial charge in [0.05, 0.1) is 0 Å². The Morgan fingerprint density at radius 1 is 1.08 bits per heavy atom. The fourth-order valence-corrected chi connectivity index (χ4v) is 3.29. The van der Waals surface area contributed by atoms with Crippen LogP contribution < -0.4 is 10.0 Å². The molecule has 0 aromatic carbocycles. The predicted octanol–water partition coefficient (Wildman–Crippen LogP) is 1.63. The highest BCUT2D eigenvalue weighted by atomic mass is 32.2. The molecule has 0 spiro atoms. The van der Waals surface area contributed by atoms with Crippen molar-refractivity contribution < 1.29 is 0 Å². The van der Waals surface area contributed by atoms with E-state index in [0.717, 1.165) is 17.9 Å². The van der Waals surface area contributed by atoms with Crippen LogP contribution in [0.25, 0.3) is 0 Å². The molecule has 0 radical (unpaired) electrons. The lowest BCUT2D eigenvalue weighted by molar-refractivity contribution is 0.397. The molecule has 0 amide bonds. The highest BCUT2D eigenvalue weighted by molar-refractivity contribution is 7.96. The van der Waals surface area contributed by atoms with Crippen LogP contribution in [0.5, 0.6) is 0 Å². The first-order valence-corrected chi connectivity index (χ1v) is 6.62. The van der Waals surface area contributed by atoms with Gasteiger partial charge >= 0.3 is 0 Å². The van der Waals surface area contributed by atoms with Crippen molar-refractivity contribution in [1.82, 2.24) is 10.0 Å². The van der Waals surface area contributed by atoms with E-state index in [4.69, 9.17) is 0 Å². The molecule has 76 valence electrons. The molecule has 2 fully saturated rings. The van der Waals surface area contributed by atoms with Crippen LogP contribution in [0.3, 0.4) is 0 Å². The standard InChI is InChI=1S/C10H20N2S/c1-13-12-10-4-2-8-6-11-7-9(8)3-5-10/h8-12H,2-7H2,1H3. The van der Waals surface area contributed by atoms with E-state index in [1.807, 2.05) is 0 Å². The van der Waals surface area contributed by atoms with Gasteiger partial charge in [-0.15, -0.1) is 0 Å². The normalized spacial score (nSPS) is 39.9. The first kappa shape index (κ1) is 9.81. The van der Waals surface area contributed by atoms with Crippen LogP contribution in [0, 0.1) is 11.8 Å². The molecule has 1 saturated carbocycles. The van der Waals surface area contributed by atoms with E-state index in [9.17, 15) is 0 Å². The fraction of sp³-hybridized carbons (Fsp3) is 1.00. The minimum Gasteiger partial charge on any atom is -0.316 e. The van der Waals surface area contributed by atoms with Crippen LogP contribution in [0.15, 0.2) is 0 Å². The molecule has 1 aliphatic heterocycles.